The summed E-state index contributed by atoms with van der Waals surface area (Å²) in [5.41, 5.74) is 3.23. The Kier molecular flexibility index (Phi) is 3.37. The molecule has 0 aliphatic carbocycles. The number of ether oxygens (including phenoxy) is 1. The van der Waals surface area contributed by atoms with Crippen molar-refractivity contribution in [2.24, 2.45) is 0 Å². The van der Waals surface area contributed by atoms with E-state index in [1.807, 2.05) is 44.2 Å². The van der Waals surface area contributed by atoms with Crippen LogP contribution in [0.5, 0.6) is 5.75 Å². The van der Waals surface area contributed by atoms with Crippen LogP contribution in [0.2, 0.25) is 0 Å². The lowest BCUT2D eigenvalue weighted by Crippen LogP contribution is -2.09. The fraction of sp³-hybridized carbons (Fsp3) is 0.214. The van der Waals surface area contributed by atoms with E-state index in [4.69, 9.17) is 9.84 Å². The SMILES string of the molecule is Cc1ccc(C)n1-c1cccc(OCC(=O)O)c1. The van der Waals surface area contributed by atoms with Gasteiger partial charge in [-0.05, 0) is 38.1 Å². The summed E-state index contributed by atoms with van der Waals surface area (Å²) in [6.07, 6.45) is 0. The van der Waals surface area contributed by atoms with Crippen molar-refractivity contribution in [3.05, 3.63) is 47.8 Å². The molecule has 0 amide bonds. The second-order valence-corrected chi connectivity index (χ2v) is 4.13. The highest BCUT2D eigenvalue weighted by molar-refractivity contribution is 5.68. The molecule has 1 N–H and O–H groups in total. The first kappa shape index (κ1) is 12.2. The first-order valence-corrected chi connectivity index (χ1v) is 5.68. The highest BCUT2D eigenvalue weighted by Gasteiger charge is 2.05. The Bertz CT molecular complexity index is 553. The van der Waals surface area contributed by atoms with E-state index in [1.165, 1.54) is 0 Å². The van der Waals surface area contributed by atoms with Gasteiger partial charge in [0, 0.05) is 23.1 Å². The standard InChI is InChI=1S/C14H15NO3/c1-10-6-7-11(2)15(10)12-4-3-5-13(8-12)18-9-14(16)17/h3-8H,9H2,1-2H3,(H,16,17). The summed E-state index contributed by atoms with van der Waals surface area (Å²) in [7, 11) is 0. The summed E-state index contributed by atoms with van der Waals surface area (Å²) in [5, 5.41) is 8.59. The number of hydrogen-bond acceptors (Lipinski definition) is 2. The molecule has 4 nitrogen and oxygen atoms in total. The third-order valence-corrected chi connectivity index (χ3v) is 2.71. The fourth-order valence-corrected chi connectivity index (χ4v) is 1.93. The summed E-state index contributed by atoms with van der Waals surface area (Å²) < 4.78 is 7.26. The van der Waals surface area contributed by atoms with Crippen molar-refractivity contribution >= 4 is 5.97 Å². The Hall–Kier alpha value is -2.23. The van der Waals surface area contributed by atoms with Gasteiger partial charge in [0.05, 0.1) is 0 Å². The van der Waals surface area contributed by atoms with Crippen molar-refractivity contribution in [1.29, 1.82) is 0 Å². The molecule has 0 aliphatic heterocycles. The maximum absolute atomic E-state index is 10.5. The lowest BCUT2D eigenvalue weighted by Gasteiger charge is -2.11. The smallest absolute Gasteiger partial charge is 0.341 e. The second-order valence-electron chi connectivity index (χ2n) is 4.13. The van der Waals surface area contributed by atoms with Gasteiger partial charge in [-0.3, -0.25) is 0 Å². The third-order valence-electron chi connectivity index (χ3n) is 2.71. The summed E-state index contributed by atoms with van der Waals surface area (Å²) in [5.74, 6) is -0.420. The Morgan fingerprint density at radius 3 is 2.50 bits per heavy atom. The zero-order valence-electron chi connectivity index (χ0n) is 10.4. The minimum Gasteiger partial charge on any atom is -0.482 e. The van der Waals surface area contributed by atoms with E-state index in [-0.39, 0.29) is 6.61 Å². The van der Waals surface area contributed by atoms with E-state index in [0.29, 0.717) is 5.75 Å². The monoisotopic (exact) mass is 245 g/mol. The molecule has 18 heavy (non-hydrogen) atoms. The quantitative estimate of drug-likeness (QED) is 0.900. The molecule has 0 bridgehead atoms. The molecule has 1 aromatic heterocycles. The van der Waals surface area contributed by atoms with Crippen molar-refractivity contribution in [1.82, 2.24) is 4.57 Å². The Labute approximate surface area is 105 Å². The summed E-state index contributed by atoms with van der Waals surface area (Å²) in [4.78, 5) is 10.5. The molecule has 0 radical (unpaired) electrons. The Morgan fingerprint density at radius 1 is 1.22 bits per heavy atom. The van der Waals surface area contributed by atoms with E-state index in [9.17, 15) is 4.79 Å². The predicted molar refractivity (Wildman–Crippen MR) is 68.4 cm³/mol. The van der Waals surface area contributed by atoms with Crippen LogP contribution in [0.25, 0.3) is 5.69 Å². The number of carboxylic acids is 1. The Morgan fingerprint density at radius 2 is 1.89 bits per heavy atom. The molecule has 0 unspecified atom stereocenters. The van der Waals surface area contributed by atoms with Gasteiger partial charge in [0.15, 0.2) is 6.61 Å². The number of carboxylic acid groups (broad SMARTS) is 1. The van der Waals surface area contributed by atoms with Crippen LogP contribution in [0.4, 0.5) is 0 Å². The maximum atomic E-state index is 10.5. The van der Waals surface area contributed by atoms with Crippen LogP contribution in [-0.4, -0.2) is 22.2 Å². The summed E-state index contributed by atoms with van der Waals surface area (Å²) >= 11 is 0. The fourth-order valence-electron chi connectivity index (χ4n) is 1.93. The van der Waals surface area contributed by atoms with Crippen molar-refractivity contribution < 1.29 is 14.6 Å². The van der Waals surface area contributed by atoms with E-state index in [0.717, 1.165) is 17.1 Å². The molecule has 0 spiro atoms. The molecule has 4 heteroatoms. The second kappa shape index (κ2) is 4.96. The van der Waals surface area contributed by atoms with E-state index in [1.54, 1.807) is 6.07 Å². The van der Waals surface area contributed by atoms with E-state index < -0.39 is 5.97 Å². The number of nitrogens with zero attached hydrogens (tertiary/aromatic N) is 1. The highest BCUT2D eigenvalue weighted by Crippen LogP contribution is 2.20. The number of aromatic nitrogens is 1. The van der Waals surface area contributed by atoms with E-state index >= 15 is 0 Å². The van der Waals surface area contributed by atoms with E-state index in [2.05, 4.69) is 4.57 Å². The van der Waals surface area contributed by atoms with Crippen LogP contribution in [-0.2, 0) is 4.79 Å². The van der Waals surface area contributed by atoms with Gasteiger partial charge in [0.25, 0.3) is 0 Å². The molecular weight excluding hydrogens is 230 g/mol. The number of carbonyl (C=O) groups is 1. The van der Waals surface area contributed by atoms with Gasteiger partial charge in [0.2, 0.25) is 0 Å². The van der Waals surface area contributed by atoms with Gasteiger partial charge in [-0.1, -0.05) is 6.07 Å². The van der Waals surface area contributed by atoms with Crippen molar-refractivity contribution in [2.75, 3.05) is 6.61 Å². The number of aliphatic carboxylic acids is 1. The van der Waals surface area contributed by atoms with Crippen molar-refractivity contribution in [3.8, 4) is 11.4 Å². The third kappa shape index (κ3) is 2.53. The molecule has 0 saturated carbocycles. The van der Waals surface area contributed by atoms with Crippen LogP contribution in [0.1, 0.15) is 11.4 Å². The molecule has 94 valence electrons. The lowest BCUT2D eigenvalue weighted by atomic mass is 10.3. The average Bonchev–Trinajstić information content (AvgIpc) is 2.67. The lowest BCUT2D eigenvalue weighted by molar-refractivity contribution is -0.139. The van der Waals surface area contributed by atoms with Gasteiger partial charge in [-0.15, -0.1) is 0 Å². The van der Waals surface area contributed by atoms with Gasteiger partial charge < -0.3 is 14.4 Å². The van der Waals surface area contributed by atoms with Gasteiger partial charge in [-0.25, -0.2) is 4.79 Å². The molecular formula is C14H15NO3. The summed E-state index contributed by atoms with van der Waals surface area (Å²) in [6, 6.07) is 11.5. The first-order valence-electron chi connectivity index (χ1n) is 5.68. The normalized spacial score (nSPS) is 10.3. The molecule has 1 aromatic carbocycles. The predicted octanol–water partition coefficient (Wildman–Crippen LogP) is 2.56. The minimum absolute atomic E-state index is 0.326. The number of benzene rings is 1. The van der Waals surface area contributed by atoms with Crippen LogP contribution >= 0.6 is 0 Å². The van der Waals surface area contributed by atoms with Crippen LogP contribution in [0, 0.1) is 13.8 Å². The van der Waals surface area contributed by atoms with Crippen molar-refractivity contribution in [3.63, 3.8) is 0 Å². The maximum Gasteiger partial charge on any atom is 0.341 e. The average molecular weight is 245 g/mol. The zero-order valence-corrected chi connectivity index (χ0v) is 10.4. The zero-order chi connectivity index (χ0) is 13.1. The molecule has 0 atom stereocenters. The first-order chi connectivity index (χ1) is 8.58. The van der Waals surface area contributed by atoms with Crippen LogP contribution in [0.15, 0.2) is 36.4 Å². The number of aryl methyl sites for hydroxylation is 2. The highest BCUT2D eigenvalue weighted by atomic mass is 16.5. The molecule has 0 fully saturated rings. The Balaban J connectivity index is 2.30. The molecule has 2 aromatic rings. The molecule has 2 rings (SSSR count). The van der Waals surface area contributed by atoms with Gasteiger partial charge >= 0.3 is 5.97 Å². The molecule has 0 aliphatic rings. The topological polar surface area (TPSA) is 51.5 Å². The van der Waals surface area contributed by atoms with Gasteiger partial charge in [0.1, 0.15) is 5.75 Å². The molecule has 0 saturated heterocycles. The van der Waals surface area contributed by atoms with Crippen LogP contribution in [0.3, 0.4) is 0 Å². The molecule has 1 heterocycles. The largest absolute Gasteiger partial charge is 0.482 e. The number of hydrogen-bond donors (Lipinski definition) is 1. The van der Waals surface area contributed by atoms with Gasteiger partial charge in [-0.2, -0.15) is 0 Å². The van der Waals surface area contributed by atoms with Crippen molar-refractivity contribution in [2.45, 2.75) is 13.8 Å². The summed E-state index contributed by atoms with van der Waals surface area (Å²) in [6.45, 7) is 3.72. The minimum atomic E-state index is -0.978. The number of rotatable bonds is 4. The van der Waals surface area contributed by atoms with Crippen LogP contribution < -0.4 is 4.74 Å².